The van der Waals surface area contributed by atoms with Crippen molar-refractivity contribution in [2.75, 3.05) is 31.1 Å². The van der Waals surface area contributed by atoms with Crippen LogP contribution in [-0.4, -0.2) is 68.9 Å². The first kappa shape index (κ1) is 18.8. The minimum Gasteiger partial charge on any atom is -0.444 e. The molecule has 2 aliphatic rings. The third-order valence-corrected chi connectivity index (χ3v) is 5.11. The van der Waals surface area contributed by atoms with Crippen LogP contribution in [-0.2, 0) is 11.3 Å². The Kier molecular flexibility index (Phi) is 4.39. The van der Waals surface area contributed by atoms with Crippen LogP contribution in [0.15, 0.2) is 12.4 Å². The second-order valence-corrected chi connectivity index (χ2v) is 8.66. The predicted molar refractivity (Wildman–Crippen MR) is 98.4 cm³/mol. The lowest BCUT2D eigenvalue weighted by molar-refractivity contribution is -0.0266. The van der Waals surface area contributed by atoms with Crippen LogP contribution < -0.4 is 4.90 Å². The molecule has 2 fully saturated rings. The number of hydrogen-bond donors (Lipinski definition) is 0. The number of ether oxygens (including phenoxy) is 1. The maximum atomic E-state index is 12.7. The van der Waals surface area contributed by atoms with Gasteiger partial charge in [0.25, 0.3) is 6.43 Å². The number of carbonyl (C=O) groups is 1. The van der Waals surface area contributed by atoms with Crippen LogP contribution in [0.4, 0.5) is 19.4 Å². The first-order valence-electron chi connectivity index (χ1n) is 9.34. The standard InChI is InChI=1S/C18H24F2N6O2/c1-17(2,3)28-16(27)25-10-18(11-25)4-5-24(9-18)14-7-21-12-6-22-26(8-13(19)20)15(12)23-14/h6-7,13H,4-5,8-11H2,1-3H3. The van der Waals surface area contributed by atoms with Crippen molar-refractivity contribution < 1.29 is 18.3 Å². The van der Waals surface area contributed by atoms with E-state index in [4.69, 9.17) is 4.74 Å². The van der Waals surface area contributed by atoms with Crippen LogP contribution in [0, 0.1) is 5.41 Å². The van der Waals surface area contributed by atoms with Gasteiger partial charge >= 0.3 is 6.09 Å². The quantitative estimate of drug-likeness (QED) is 0.796. The zero-order valence-corrected chi connectivity index (χ0v) is 16.2. The van der Waals surface area contributed by atoms with Gasteiger partial charge in [0.15, 0.2) is 5.65 Å². The molecule has 0 radical (unpaired) electrons. The van der Waals surface area contributed by atoms with Crippen molar-refractivity contribution in [2.24, 2.45) is 5.41 Å². The smallest absolute Gasteiger partial charge is 0.410 e. The number of carbonyl (C=O) groups excluding carboxylic acids is 1. The highest BCUT2D eigenvalue weighted by Gasteiger charge is 2.50. The predicted octanol–water partition coefficient (Wildman–Crippen LogP) is 2.54. The number of rotatable bonds is 3. The largest absolute Gasteiger partial charge is 0.444 e. The molecular formula is C18H24F2N6O2. The van der Waals surface area contributed by atoms with Crippen LogP contribution in [0.3, 0.4) is 0 Å². The summed E-state index contributed by atoms with van der Waals surface area (Å²) in [5.41, 5.74) is 0.380. The summed E-state index contributed by atoms with van der Waals surface area (Å²) in [5, 5.41) is 3.95. The zero-order chi connectivity index (χ0) is 20.1. The third kappa shape index (κ3) is 3.59. The van der Waals surface area contributed by atoms with E-state index in [-0.39, 0.29) is 11.5 Å². The van der Waals surface area contributed by atoms with Crippen LogP contribution >= 0.6 is 0 Å². The van der Waals surface area contributed by atoms with Gasteiger partial charge in [0.1, 0.15) is 23.5 Å². The molecule has 0 N–H and O–H groups in total. The molecular weight excluding hydrogens is 370 g/mol. The number of alkyl halides is 2. The number of hydrogen-bond acceptors (Lipinski definition) is 6. The zero-order valence-electron chi connectivity index (χ0n) is 16.2. The average molecular weight is 394 g/mol. The highest BCUT2D eigenvalue weighted by Crippen LogP contribution is 2.41. The van der Waals surface area contributed by atoms with Crippen LogP contribution in [0.2, 0.25) is 0 Å². The summed E-state index contributed by atoms with van der Waals surface area (Å²) in [6.45, 7) is 7.88. The molecule has 10 heteroatoms. The number of fused-ring (bicyclic) bond motifs is 1. The summed E-state index contributed by atoms with van der Waals surface area (Å²) in [4.78, 5) is 24.8. The SMILES string of the molecule is CC(C)(C)OC(=O)N1CC2(CCN(c3cnc4cnn(CC(F)F)c4n3)C2)C1. The van der Waals surface area contributed by atoms with Gasteiger partial charge in [-0.05, 0) is 27.2 Å². The molecule has 4 heterocycles. The Balaban J connectivity index is 1.43. The lowest BCUT2D eigenvalue weighted by Crippen LogP contribution is -2.60. The van der Waals surface area contributed by atoms with E-state index in [1.165, 1.54) is 10.9 Å². The molecule has 1 spiro atoms. The fraction of sp³-hybridized carbons (Fsp3) is 0.667. The van der Waals surface area contributed by atoms with Gasteiger partial charge in [-0.1, -0.05) is 0 Å². The Morgan fingerprint density at radius 1 is 1.29 bits per heavy atom. The number of halogens is 2. The average Bonchev–Trinajstić information content (AvgIpc) is 3.16. The summed E-state index contributed by atoms with van der Waals surface area (Å²) in [6.07, 6.45) is 1.25. The van der Waals surface area contributed by atoms with Crippen molar-refractivity contribution in [3.05, 3.63) is 12.4 Å². The minimum absolute atomic E-state index is 0.0246. The molecule has 28 heavy (non-hydrogen) atoms. The van der Waals surface area contributed by atoms with Gasteiger partial charge in [0, 0.05) is 31.6 Å². The number of nitrogens with zero attached hydrogens (tertiary/aromatic N) is 6. The van der Waals surface area contributed by atoms with Crippen molar-refractivity contribution in [2.45, 2.75) is 45.8 Å². The van der Waals surface area contributed by atoms with Crippen molar-refractivity contribution >= 4 is 23.1 Å². The molecule has 0 aliphatic carbocycles. The Bertz CT molecular complexity index is 888. The maximum Gasteiger partial charge on any atom is 0.410 e. The second kappa shape index (κ2) is 6.52. The van der Waals surface area contributed by atoms with Crippen molar-refractivity contribution in [1.29, 1.82) is 0 Å². The lowest BCUT2D eigenvalue weighted by Gasteiger charge is -2.47. The number of amides is 1. The molecule has 1 amide bonds. The van der Waals surface area contributed by atoms with Crippen LogP contribution in [0.5, 0.6) is 0 Å². The van der Waals surface area contributed by atoms with Gasteiger partial charge in [0.05, 0.1) is 12.4 Å². The van der Waals surface area contributed by atoms with E-state index in [2.05, 4.69) is 20.0 Å². The molecule has 2 aliphatic heterocycles. The summed E-state index contributed by atoms with van der Waals surface area (Å²) in [7, 11) is 0. The summed E-state index contributed by atoms with van der Waals surface area (Å²) >= 11 is 0. The normalized spacial score (nSPS) is 18.9. The van der Waals surface area contributed by atoms with Gasteiger partial charge in [-0.25, -0.2) is 28.2 Å². The molecule has 0 bridgehead atoms. The number of anilines is 1. The maximum absolute atomic E-state index is 12.7. The first-order valence-corrected chi connectivity index (χ1v) is 9.34. The Labute approximate surface area is 161 Å². The van der Waals surface area contributed by atoms with Crippen molar-refractivity contribution in [3.63, 3.8) is 0 Å². The van der Waals surface area contributed by atoms with Gasteiger partial charge in [-0.15, -0.1) is 0 Å². The second-order valence-electron chi connectivity index (χ2n) is 8.66. The van der Waals surface area contributed by atoms with E-state index >= 15 is 0 Å². The molecule has 8 nitrogen and oxygen atoms in total. The van der Waals surface area contributed by atoms with Crippen LogP contribution in [0.1, 0.15) is 27.2 Å². The van der Waals surface area contributed by atoms with Crippen molar-refractivity contribution in [1.82, 2.24) is 24.6 Å². The molecule has 0 unspecified atom stereocenters. The number of aromatic nitrogens is 4. The summed E-state index contributed by atoms with van der Waals surface area (Å²) in [6, 6.07) is 0. The summed E-state index contributed by atoms with van der Waals surface area (Å²) in [5.74, 6) is 0.649. The van der Waals surface area contributed by atoms with E-state index in [1.807, 2.05) is 20.8 Å². The summed E-state index contributed by atoms with van der Waals surface area (Å²) < 4.78 is 32.1. The lowest BCUT2D eigenvalue weighted by atomic mass is 9.79. The van der Waals surface area contributed by atoms with Crippen molar-refractivity contribution in [3.8, 4) is 0 Å². The van der Waals surface area contributed by atoms with Gasteiger partial charge in [-0.2, -0.15) is 5.10 Å². The Hall–Kier alpha value is -2.52. The number of likely N-dealkylation sites (tertiary alicyclic amines) is 1. The minimum atomic E-state index is -2.50. The molecule has 0 aromatic carbocycles. The highest BCUT2D eigenvalue weighted by molar-refractivity contribution is 5.71. The fourth-order valence-electron chi connectivity index (χ4n) is 3.86. The Morgan fingerprint density at radius 3 is 2.71 bits per heavy atom. The Morgan fingerprint density at radius 2 is 2.04 bits per heavy atom. The molecule has 152 valence electrons. The molecule has 4 rings (SSSR count). The molecule has 2 aromatic heterocycles. The molecule has 2 saturated heterocycles. The monoisotopic (exact) mass is 394 g/mol. The first-order chi connectivity index (χ1) is 13.1. The van der Waals surface area contributed by atoms with Gasteiger partial charge < -0.3 is 14.5 Å². The van der Waals surface area contributed by atoms with E-state index in [1.54, 1.807) is 11.1 Å². The van der Waals surface area contributed by atoms with E-state index in [9.17, 15) is 13.6 Å². The fourth-order valence-corrected chi connectivity index (χ4v) is 3.86. The van der Waals surface area contributed by atoms with Gasteiger partial charge in [0.2, 0.25) is 0 Å². The van der Waals surface area contributed by atoms with E-state index in [0.29, 0.717) is 30.1 Å². The van der Waals surface area contributed by atoms with Gasteiger partial charge in [-0.3, -0.25) is 0 Å². The van der Waals surface area contributed by atoms with E-state index < -0.39 is 18.6 Å². The topological polar surface area (TPSA) is 76.4 Å². The molecule has 0 atom stereocenters. The molecule has 2 aromatic rings. The van der Waals surface area contributed by atoms with Crippen LogP contribution in [0.25, 0.3) is 11.2 Å². The highest BCUT2D eigenvalue weighted by atomic mass is 19.3. The van der Waals surface area contributed by atoms with E-state index in [0.717, 1.165) is 19.5 Å². The third-order valence-electron chi connectivity index (χ3n) is 5.11. The molecule has 0 saturated carbocycles.